The minimum Gasteiger partial charge on any atom is -0.480 e. The molecule has 3 rings (SSSR count). The predicted molar refractivity (Wildman–Crippen MR) is 80.5 cm³/mol. The zero-order chi connectivity index (χ0) is 14.8. The zero-order valence-corrected chi connectivity index (χ0v) is 12.6. The standard InChI is InChI=1S/C16H21N3O2/c1-12-10-18-8-5-7-14(16(18)17-12)21-11-15(20)19-9-4-3-6-13(19)2/h5,7-8,10,13H,3-4,6,9,11H2,1-2H3. The van der Waals surface area contributed by atoms with Gasteiger partial charge in [-0.2, -0.15) is 0 Å². The smallest absolute Gasteiger partial charge is 0.260 e. The predicted octanol–water partition coefficient (Wildman–Crippen LogP) is 2.42. The maximum Gasteiger partial charge on any atom is 0.260 e. The number of ether oxygens (including phenoxy) is 1. The Bertz CT molecular complexity index is 650. The zero-order valence-electron chi connectivity index (χ0n) is 12.6. The number of amides is 1. The molecule has 2 aromatic heterocycles. The van der Waals surface area contributed by atoms with Crippen molar-refractivity contribution in [2.24, 2.45) is 0 Å². The van der Waals surface area contributed by atoms with E-state index in [-0.39, 0.29) is 12.5 Å². The molecule has 3 heterocycles. The fourth-order valence-electron chi connectivity index (χ4n) is 2.91. The van der Waals surface area contributed by atoms with Crippen LogP contribution in [0.1, 0.15) is 31.9 Å². The maximum atomic E-state index is 12.3. The lowest BCUT2D eigenvalue weighted by Gasteiger charge is -2.33. The molecule has 1 aliphatic rings. The van der Waals surface area contributed by atoms with Crippen molar-refractivity contribution in [3.63, 3.8) is 0 Å². The van der Waals surface area contributed by atoms with E-state index >= 15 is 0 Å². The molecule has 21 heavy (non-hydrogen) atoms. The molecule has 0 saturated carbocycles. The fraction of sp³-hybridized carbons (Fsp3) is 0.500. The van der Waals surface area contributed by atoms with E-state index in [1.54, 1.807) is 0 Å². The molecule has 1 saturated heterocycles. The van der Waals surface area contributed by atoms with Crippen molar-refractivity contribution >= 4 is 11.6 Å². The number of nitrogens with zero attached hydrogens (tertiary/aromatic N) is 3. The van der Waals surface area contributed by atoms with Gasteiger partial charge in [-0.3, -0.25) is 4.79 Å². The number of carbonyl (C=O) groups is 1. The Balaban J connectivity index is 1.70. The van der Waals surface area contributed by atoms with Gasteiger partial charge in [0.2, 0.25) is 0 Å². The number of likely N-dealkylation sites (tertiary alicyclic amines) is 1. The van der Waals surface area contributed by atoms with E-state index in [0.29, 0.717) is 11.8 Å². The minimum absolute atomic E-state index is 0.0625. The molecular formula is C16H21N3O2. The third kappa shape index (κ3) is 2.86. The number of fused-ring (bicyclic) bond motifs is 1. The molecule has 112 valence electrons. The Kier molecular flexibility index (Phi) is 3.82. The second-order valence-electron chi connectivity index (χ2n) is 5.71. The van der Waals surface area contributed by atoms with E-state index in [1.165, 1.54) is 6.42 Å². The van der Waals surface area contributed by atoms with E-state index in [0.717, 1.165) is 30.7 Å². The van der Waals surface area contributed by atoms with Crippen LogP contribution in [0.2, 0.25) is 0 Å². The van der Waals surface area contributed by atoms with Crippen molar-refractivity contribution in [3.05, 3.63) is 30.2 Å². The van der Waals surface area contributed by atoms with Gasteiger partial charge in [0.15, 0.2) is 18.0 Å². The number of aryl methyl sites for hydroxylation is 1. The summed E-state index contributed by atoms with van der Waals surface area (Å²) in [5, 5.41) is 0. The Labute approximate surface area is 124 Å². The SMILES string of the molecule is Cc1cn2cccc(OCC(=O)N3CCCCC3C)c2n1. The molecule has 0 aromatic carbocycles. The molecule has 1 atom stereocenters. The van der Waals surface area contributed by atoms with Crippen molar-refractivity contribution in [2.75, 3.05) is 13.2 Å². The molecule has 2 aromatic rings. The first-order valence-corrected chi connectivity index (χ1v) is 7.52. The molecule has 1 amide bonds. The van der Waals surface area contributed by atoms with Crippen molar-refractivity contribution in [3.8, 4) is 5.75 Å². The molecule has 1 aliphatic heterocycles. The van der Waals surface area contributed by atoms with Gasteiger partial charge in [0, 0.05) is 25.0 Å². The Hall–Kier alpha value is -2.04. The van der Waals surface area contributed by atoms with Crippen LogP contribution < -0.4 is 4.74 Å². The second kappa shape index (κ2) is 5.76. The Morgan fingerprint density at radius 1 is 1.48 bits per heavy atom. The number of piperidine rings is 1. The number of pyridine rings is 1. The number of aromatic nitrogens is 2. The van der Waals surface area contributed by atoms with Crippen molar-refractivity contribution in [2.45, 2.75) is 39.2 Å². The highest BCUT2D eigenvalue weighted by Crippen LogP contribution is 2.20. The molecule has 1 fully saturated rings. The highest BCUT2D eigenvalue weighted by molar-refractivity contribution is 5.78. The van der Waals surface area contributed by atoms with Gasteiger partial charge in [-0.05, 0) is 45.2 Å². The van der Waals surface area contributed by atoms with Crippen LogP contribution in [0.4, 0.5) is 0 Å². The van der Waals surface area contributed by atoms with E-state index < -0.39 is 0 Å². The van der Waals surface area contributed by atoms with Gasteiger partial charge >= 0.3 is 0 Å². The maximum absolute atomic E-state index is 12.3. The van der Waals surface area contributed by atoms with Crippen LogP contribution in [0, 0.1) is 6.92 Å². The van der Waals surface area contributed by atoms with Gasteiger partial charge in [0.1, 0.15) is 0 Å². The quantitative estimate of drug-likeness (QED) is 0.871. The van der Waals surface area contributed by atoms with Crippen molar-refractivity contribution in [1.82, 2.24) is 14.3 Å². The third-order valence-electron chi connectivity index (χ3n) is 4.04. The van der Waals surface area contributed by atoms with Crippen LogP contribution in [0.25, 0.3) is 5.65 Å². The summed E-state index contributed by atoms with van der Waals surface area (Å²) in [5.41, 5.74) is 1.69. The first kappa shape index (κ1) is 13.9. The summed E-state index contributed by atoms with van der Waals surface area (Å²) >= 11 is 0. The molecule has 0 bridgehead atoms. The largest absolute Gasteiger partial charge is 0.480 e. The van der Waals surface area contributed by atoms with E-state index in [1.807, 2.05) is 40.8 Å². The molecule has 1 unspecified atom stereocenters. The van der Waals surface area contributed by atoms with Crippen molar-refractivity contribution in [1.29, 1.82) is 0 Å². The molecular weight excluding hydrogens is 266 g/mol. The molecule has 0 N–H and O–H groups in total. The van der Waals surface area contributed by atoms with Gasteiger partial charge in [0.05, 0.1) is 5.69 Å². The van der Waals surface area contributed by atoms with Gasteiger partial charge in [-0.25, -0.2) is 4.98 Å². The van der Waals surface area contributed by atoms with E-state index in [9.17, 15) is 4.79 Å². The van der Waals surface area contributed by atoms with Gasteiger partial charge in [0.25, 0.3) is 5.91 Å². The normalized spacial score (nSPS) is 19.0. The number of imidazole rings is 1. The summed E-state index contributed by atoms with van der Waals surface area (Å²) in [7, 11) is 0. The number of rotatable bonds is 3. The van der Waals surface area contributed by atoms with E-state index in [2.05, 4.69) is 11.9 Å². The summed E-state index contributed by atoms with van der Waals surface area (Å²) in [4.78, 5) is 18.7. The highest BCUT2D eigenvalue weighted by atomic mass is 16.5. The topological polar surface area (TPSA) is 46.8 Å². The number of carbonyl (C=O) groups excluding carboxylic acids is 1. The van der Waals surface area contributed by atoms with Gasteiger partial charge < -0.3 is 14.0 Å². The fourth-order valence-corrected chi connectivity index (χ4v) is 2.91. The lowest BCUT2D eigenvalue weighted by molar-refractivity contribution is -0.136. The molecule has 5 nitrogen and oxygen atoms in total. The van der Waals surface area contributed by atoms with Crippen molar-refractivity contribution < 1.29 is 9.53 Å². The Morgan fingerprint density at radius 2 is 2.33 bits per heavy atom. The lowest BCUT2D eigenvalue weighted by Crippen LogP contribution is -2.44. The molecule has 0 radical (unpaired) electrons. The molecule has 0 aliphatic carbocycles. The minimum atomic E-state index is 0.0625. The highest BCUT2D eigenvalue weighted by Gasteiger charge is 2.23. The average Bonchev–Trinajstić information content (AvgIpc) is 2.86. The van der Waals surface area contributed by atoms with Crippen LogP contribution >= 0.6 is 0 Å². The van der Waals surface area contributed by atoms with Gasteiger partial charge in [-0.15, -0.1) is 0 Å². The monoisotopic (exact) mass is 287 g/mol. The van der Waals surface area contributed by atoms with Crippen LogP contribution in [0.5, 0.6) is 5.75 Å². The molecule has 5 heteroatoms. The third-order valence-corrected chi connectivity index (χ3v) is 4.04. The average molecular weight is 287 g/mol. The Morgan fingerprint density at radius 3 is 3.14 bits per heavy atom. The summed E-state index contributed by atoms with van der Waals surface area (Å²) in [6.07, 6.45) is 7.25. The second-order valence-corrected chi connectivity index (χ2v) is 5.71. The van der Waals surface area contributed by atoms with Gasteiger partial charge in [-0.1, -0.05) is 0 Å². The first-order valence-electron chi connectivity index (χ1n) is 7.52. The molecule has 0 spiro atoms. The summed E-state index contributed by atoms with van der Waals surface area (Å²) in [5.74, 6) is 0.719. The van der Waals surface area contributed by atoms with Crippen LogP contribution in [-0.4, -0.2) is 39.4 Å². The lowest BCUT2D eigenvalue weighted by atomic mass is 10.0. The number of hydrogen-bond donors (Lipinski definition) is 0. The van der Waals surface area contributed by atoms with Crippen LogP contribution in [-0.2, 0) is 4.79 Å². The first-order chi connectivity index (χ1) is 10.1. The number of hydrogen-bond acceptors (Lipinski definition) is 3. The van der Waals surface area contributed by atoms with E-state index in [4.69, 9.17) is 4.74 Å². The summed E-state index contributed by atoms with van der Waals surface area (Å²) < 4.78 is 7.64. The van der Waals surface area contributed by atoms with Crippen LogP contribution in [0.3, 0.4) is 0 Å². The summed E-state index contributed by atoms with van der Waals surface area (Å²) in [6, 6.07) is 4.07. The summed E-state index contributed by atoms with van der Waals surface area (Å²) in [6.45, 7) is 4.97. The van der Waals surface area contributed by atoms with Crippen LogP contribution in [0.15, 0.2) is 24.5 Å².